The predicted molar refractivity (Wildman–Crippen MR) is 233 cm³/mol. The Kier molecular flexibility index (Phi) is 7.99. The molecule has 5 heteroatoms. The lowest BCUT2D eigenvalue weighted by atomic mass is 9.67. The zero-order chi connectivity index (χ0) is 38.6. The molecule has 4 nitrogen and oxygen atoms in total. The van der Waals surface area contributed by atoms with Gasteiger partial charge in [0, 0.05) is 26.5 Å². The zero-order valence-electron chi connectivity index (χ0n) is 31.2. The molecule has 0 radical (unpaired) electrons. The maximum atomic E-state index is 9.73. The molecule has 8 aromatic carbocycles. The fourth-order valence-corrected chi connectivity index (χ4v) is 10.0. The lowest BCUT2D eigenvalue weighted by Gasteiger charge is -2.39. The first-order valence-electron chi connectivity index (χ1n) is 19.3. The standard InChI is InChI=1S/C53H32N4S/c54-33-34-23-25-35(26-24-34)42-32-47-43(40-17-7-8-18-44(40)53(47)45-19-9-11-21-48(45)58-49-22-12-10-20-46(49)53)31-41(42)36-27-29-39(30-28-36)52-56-50(37-13-3-1-4-14-37)55-51(57-52)38-15-5-2-6-16-38/h1-32H. The molecule has 0 bridgehead atoms. The van der Waals surface area contributed by atoms with Gasteiger partial charge < -0.3 is 0 Å². The molecule has 0 unspecified atom stereocenters. The van der Waals surface area contributed by atoms with E-state index in [0.717, 1.165) is 38.9 Å². The number of rotatable bonds is 5. The second-order valence-corrected chi connectivity index (χ2v) is 15.7. The van der Waals surface area contributed by atoms with E-state index >= 15 is 0 Å². The number of hydrogen-bond donors (Lipinski definition) is 0. The van der Waals surface area contributed by atoms with Crippen molar-refractivity contribution in [3.63, 3.8) is 0 Å². The summed E-state index contributed by atoms with van der Waals surface area (Å²) in [5, 5.41) is 9.73. The van der Waals surface area contributed by atoms with Crippen LogP contribution in [-0.2, 0) is 5.41 Å². The van der Waals surface area contributed by atoms with Gasteiger partial charge in [-0.3, -0.25) is 0 Å². The first-order valence-corrected chi connectivity index (χ1v) is 20.1. The van der Waals surface area contributed by atoms with Crippen LogP contribution in [0.3, 0.4) is 0 Å². The molecule has 0 fully saturated rings. The third-order valence-electron chi connectivity index (χ3n) is 11.5. The molecular formula is C53H32N4S. The Morgan fingerprint density at radius 1 is 0.362 bits per heavy atom. The van der Waals surface area contributed by atoms with Gasteiger partial charge >= 0.3 is 0 Å². The molecule has 1 spiro atoms. The van der Waals surface area contributed by atoms with E-state index in [2.05, 4.69) is 127 Å². The molecule has 1 aliphatic heterocycles. The SMILES string of the molecule is N#Cc1ccc(-c2cc3c(cc2-c2ccc(-c4nc(-c5ccccc5)nc(-c5ccccc5)n4)cc2)-c2ccccc2C32c3ccccc3Sc3ccccc32)cc1. The van der Waals surface area contributed by atoms with Gasteiger partial charge in [-0.1, -0.05) is 169 Å². The summed E-state index contributed by atoms with van der Waals surface area (Å²) in [5.74, 6) is 1.88. The molecule has 11 rings (SSSR count). The Balaban J connectivity index is 1.12. The summed E-state index contributed by atoms with van der Waals surface area (Å²) in [6, 6.07) is 70.5. The highest BCUT2D eigenvalue weighted by atomic mass is 32.2. The molecule has 270 valence electrons. The smallest absolute Gasteiger partial charge is 0.164 e. The van der Waals surface area contributed by atoms with Gasteiger partial charge in [-0.2, -0.15) is 5.26 Å². The largest absolute Gasteiger partial charge is 0.208 e. The third kappa shape index (κ3) is 5.34. The second-order valence-electron chi connectivity index (χ2n) is 14.6. The number of fused-ring (bicyclic) bond motifs is 9. The lowest BCUT2D eigenvalue weighted by molar-refractivity contribution is 0.722. The molecule has 1 aliphatic carbocycles. The highest BCUT2D eigenvalue weighted by Gasteiger charge is 2.50. The number of hydrogen-bond acceptors (Lipinski definition) is 5. The number of nitrogens with zero attached hydrogens (tertiary/aromatic N) is 4. The van der Waals surface area contributed by atoms with Gasteiger partial charge in [-0.15, -0.1) is 0 Å². The molecule has 9 aromatic rings. The van der Waals surface area contributed by atoms with Crippen LogP contribution in [0.15, 0.2) is 204 Å². The van der Waals surface area contributed by atoms with Gasteiger partial charge in [-0.05, 0) is 92.0 Å². The van der Waals surface area contributed by atoms with E-state index in [1.165, 1.54) is 43.2 Å². The van der Waals surface area contributed by atoms with Crippen molar-refractivity contribution in [2.24, 2.45) is 0 Å². The van der Waals surface area contributed by atoms with Gasteiger partial charge in [-0.25, -0.2) is 15.0 Å². The molecule has 0 amide bonds. The van der Waals surface area contributed by atoms with Gasteiger partial charge in [0.15, 0.2) is 17.5 Å². The van der Waals surface area contributed by atoms with Gasteiger partial charge in [0.2, 0.25) is 0 Å². The van der Waals surface area contributed by atoms with Gasteiger partial charge in [0.05, 0.1) is 17.0 Å². The minimum Gasteiger partial charge on any atom is -0.208 e. The van der Waals surface area contributed by atoms with Crippen molar-refractivity contribution < 1.29 is 0 Å². The summed E-state index contributed by atoms with van der Waals surface area (Å²) in [5.41, 5.74) is 14.9. The first-order chi connectivity index (χ1) is 28.7. The molecular weight excluding hydrogens is 725 g/mol. The summed E-state index contributed by atoms with van der Waals surface area (Å²) >= 11 is 1.85. The average Bonchev–Trinajstić information content (AvgIpc) is 3.58. The minimum absolute atomic E-state index is 0.500. The third-order valence-corrected chi connectivity index (χ3v) is 12.6. The fourth-order valence-electron chi connectivity index (χ4n) is 8.84. The van der Waals surface area contributed by atoms with E-state index in [1.54, 1.807) is 0 Å². The van der Waals surface area contributed by atoms with E-state index < -0.39 is 5.41 Å². The maximum Gasteiger partial charge on any atom is 0.164 e. The molecule has 0 saturated carbocycles. The van der Waals surface area contributed by atoms with Crippen molar-refractivity contribution in [3.05, 3.63) is 222 Å². The molecule has 0 saturated heterocycles. The quantitative estimate of drug-likeness (QED) is 0.175. The highest BCUT2D eigenvalue weighted by molar-refractivity contribution is 7.99. The molecule has 1 aromatic heterocycles. The van der Waals surface area contributed by atoms with Crippen LogP contribution in [0.1, 0.15) is 27.8 Å². The molecule has 58 heavy (non-hydrogen) atoms. The molecule has 0 atom stereocenters. The predicted octanol–water partition coefficient (Wildman–Crippen LogP) is 12.9. The van der Waals surface area contributed by atoms with E-state index in [0.29, 0.717) is 23.0 Å². The Morgan fingerprint density at radius 3 is 1.34 bits per heavy atom. The highest BCUT2D eigenvalue weighted by Crippen LogP contribution is 2.63. The Labute approximate surface area is 341 Å². The van der Waals surface area contributed by atoms with Crippen molar-refractivity contribution in [2.45, 2.75) is 15.2 Å². The van der Waals surface area contributed by atoms with E-state index in [4.69, 9.17) is 15.0 Å². The van der Waals surface area contributed by atoms with Crippen molar-refractivity contribution in [2.75, 3.05) is 0 Å². The summed E-state index contributed by atoms with van der Waals surface area (Å²) in [4.78, 5) is 17.4. The van der Waals surface area contributed by atoms with Crippen molar-refractivity contribution in [1.29, 1.82) is 5.26 Å². The Hall–Kier alpha value is -7.39. The molecule has 2 heterocycles. The number of benzene rings is 8. The Bertz CT molecular complexity index is 2980. The summed E-state index contributed by atoms with van der Waals surface area (Å²) in [6.07, 6.45) is 0. The van der Waals surface area contributed by atoms with Crippen LogP contribution in [0.5, 0.6) is 0 Å². The fraction of sp³-hybridized carbons (Fsp3) is 0.0189. The van der Waals surface area contributed by atoms with E-state index in [9.17, 15) is 5.26 Å². The van der Waals surface area contributed by atoms with Crippen LogP contribution >= 0.6 is 11.8 Å². The van der Waals surface area contributed by atoms with Gasteiger partial charge in [0.25, 0.3) is 0 Å². The van der Waals surface area contributed by atoms with Crippen LogP contribution < -0.4 is 0 Å². The van der Waals surface area contributed by atoms with Crippen molar-refractivity contribution in [1.82, 2.24) is 15.0 Å². The van der Waals surface area contributed by atoms with Crippen LogP contribution in [0.4, 0.5) is 0 Å². The number of aromatic nitrogens is 3. The van der Waals surface area contributed by atoms with E-state index in [-0.39, 0.29) is 0 Å². The summed E-state index contributed by atoms with van der Waals surface area (Å²) in [7, 11) is 0. The summed E-state index contributed by atoms with van der Waals surface area (Å²) in [6.45, 7) is 0. The lowest BCUT2D eigenvalue weighted by Crippen LogP contribution is -2.32. The van der Waals surface area contributed by atoms with Crippen LogP contribution in [0, 0.1) is 11.3 Å². The monoisotopic (exact) mass is 756 g/mol. The molecule has 2 aliphatic rings. The van der Waals surface area contributed by atoms with Crippen LogP contribution in [-0.4, -0.2) is 15.0 Å². The average molecular weight is 757 g/mol. The normalized spacial score (nSPS) is 12.9. The first kappa shape index (κ1) is 33.9. The van der Waals surface area contributed by atoms with Crippen LogP contribution in [0.2, 0.25) is 0 Å². The second kappa shape index (κ2) is 13.7. The minimum atomic E-state index is -0.500. The van der Waals surface area contributed by atoms with Gasteiger partial charge in [0.1, 0.15) is 0 Å². The Morgan fingerprint density at radius 2 is 0.793 bits per heavy atom. The van der Waals surface area contributed by atoms with Crippen LogP contribution in [0.25, 0.3) is 67.5 Å². The van der Waals surface area contributed by atoms with Crippen molar-refractivity contribution in [3.8, 4) is 73.6 Å². The molecule has 0 N–H and O–H groups in total. The summed E-state index contributed by atoms with van der Waals surface area (Å²) < 4.78 is 0. The number of nitriles is 1. The van der Waals surface area contributed by atoms with Crippen molar-refractivity contribution >= 4 is 11.8 Å². The van der Waals surface area contributed by atoms with E-state index in [1.807, 2.05) is 84.6 Å². The zero-order valence-corrected chi connectivity index (χ0v) is 32.0. The maximum absolute atomic E-state index is 9.73. The topological polar surface area (TPSA) is 62.5 Å².